The average Bonchev–Trinajstić information content (AvgIpc) is 2.79. The number of amides is 1. The van der Waals surface area contributed by atoms with E-state index in [-0.39, 0.29) is 28.1 Å². The summed E-state index contributed by atoms with van der Waals surface area (Å²) in [6.45, 7) is 0. The van der Waals surface area contributed by atoms with Crippen LogP contribution in [0.2, 0.25) is 0 Å². The number of aromatic nitrogens is 3. The zero-order valence-electron chi connectivity index (χ0n) is 16.9. The van der Waals surface area contributed by atoms with E-state index in [4.69, 9.17) is 4.74 Å². The van der Waals surface area contributed by atoms with Gasteiger partial charge >= 0.3 is 5.97 Å². The van der Waals surface area contributed by atoms with Crippen LogP contribution in [0.25, 0.3) is 0 Å². The molecule has 2 N–H and O–H groups in total. The monoisotopic (exact) mass is 440 g/mol. The number of carbonyl (C=O) groups is 2. The molecule has 0 spiro atoms. The number of esters is 1. The van der Waals surface area contributed by atoms with E-state index in [9.17, 15) is 14.4 Å². The van der Waals surface area contributed by atoms with Crippen LogP contribution in [0.4, 0.5) is 5.69 Å². The summed E-state index contributed by atoms with van der Waals surface area (Å²) in [7, 11) is 2.89. The molecule has 10 heteroatoms. The van der Waals surface area contributed by atoms with E-state index in [2.05, 4.69) is 25.2 Å². The molecule has 1 aromatic heterocycles. The predicted octanol–water partition coefficient (Wildman–Crippen LogP) is 2.28. The molecule has 9 nitrogen and oxygen atoms in total. The highest BCUT2D eigenvalue weighted by Crippen LogP contribution is 2.15. The molecule has 0 fully saturated rings. The van der Waals surface area contributed by atoms with E-state index in [0.717, 1.165) is 23.1 Å². The number of methoxy groups -OCH3 is 2. The fraction of sp³-hybridized carbons (Fsp3) is 0.190. The molecule has 1 heterocycles. The quantitative estimate of drug-likeness (QED) is 0.404. The molecule has 3 rings (SSSR count). The van der Waals surface area contributed by atoms with E-state index in [1.165, 1.54) is 7.11 Å². The minimum Gasteiger partial charge on any atom is -0.497 e. The maximum absolute atomic E-state index is 12.3. The lowest BCUT2D eigenvalue weighted by molar-refractivity contribution is -0.113. The maximum atomic E-state index is 12.3. The predicted molar refractivity (Wildman–Crippen MR) is 116 cm³/mol. The first-order chi connectivity index (χ1) is 15.0. The number of aromatic amines is 1. The van der Waals surface area contributed by atoms with Crippen molar-refractivity contribution in [1.82, 2.24) is 15.2 Å². The molecule has 0 aliphatic heterocycles. The average molecular weight is 440 g/mol. The Balaban J connectivity index is 1.54. The SMILES string of the molecule is COC(=O)c1ccc(NC(=O)CSc2nnc(Cc3ccc(OC)cc3)c(=O)[nH]2)cc1. The van der Waals surface area contributed by atoms with Crippen LogP contribution in [0.5, 0.6) is 5.75 Å². The lowest BCUT2D eigenvalue weighted by Gasteiger charge is -2.06. The highest BCUT2D eigenvalue weighted by molar-refractivity contribution is 7.99. The Morgan fingerprint density at radius 2 is 1.74 bits per heavy atom. The molecule has 0 bridgehead atoms. The van der Waals surface area contributed by atoms with Crippen molar-refractivity contribution in [3.05, 3.63) is 75.7 Å². The number of hydrogen-bond acceptors (Lipinski definition) is 8. The van der Waals surface area contributed by atoms with Crippen molar-refractivity contribution in [3.63, 3.8) is 0 Å². The number of anilines is 1. The Morgan fingerprint density at radius 3 is 2.35 bits per heavy atom. The van der Waals surface area contributed by atoms with E-state index >= 15 is 0 Å². The Bertz CT molecular complexity index is 1110. The van der Waals surface area contributed by atoms with Crippen molar-refractivity contribution in [1.29, 1.82) is 0 Å². The first-order valence-electron chi connectivity index (χ1n) is 9.18. The van der Waals surface area contributed by atoms with Crippen molar-refractivity contribution in [2.75, 3.05) is 25.3 Å². The summed E-state index contributed by atoms with van der Waals surface area (Å²) in [5, 5.41) is 10.9. The second-order valence-corrected chi connectivity index (χ2v) is 7.30. The van der Waals surface area contributed by atoms with E-state index < -0.39 is 5.97 Å². The first kappa shape index (κ1) is 22.0. The molecule has 0 aliphatic carbocycles. The Hall–Kier alpha value is -3.66. The van der Waals surface area contributed by atoms with Gasteiger partial charge in [0.2, 0.25) is 5.91 Å². The van der Waals surface area contributed by atoms with Crippen LogP contribution < -0.4 is 15.6 Å². The lowest BCUT2D eigenvalue weighted by atomic mass is 10.1. The van der Waals surface area contributed by atoms with Crippen molar-refractivity contribution >= 4 is 29.3 Å². The zero-order valence-corrected chi connectivity index (χ0v) is 17.7. The van der Waals surface area contributed by atoms with Crippen LogP contribution in [0.15, 0.2) is 58.5 Å². The number of rotatable bonds is 8. The van der Waals surface area contributed by atoms with Crippen molar-refractivity contribution in [2.24, 2.45) is 0 Å². The largest absolute Gasteiger partial charge is 0.497 e. The van der Waals surface area contributed by atoms with Gasteiger partial charge in [-0.1, -0.05) is 23.9 Å². The summed E-state index contributed by atoms with van der Waals surface area (Å²) in [5.41, 5.74) is 1.75. The first-order valence-corrected chi connectivity index (χ1v) is 10.2. The Labute approximate surface area is 182 Å². The van der Waals surface area contributed by atoms with Gasteiger partial charge in [-0.25, -0.2) is 4.79 Å². The van der Waals surface area contributed by atoms with Gasteiger partial charge in [-0.3, -0.25) is 14.6 Å². The molecular weight excluding hydrogens is 420 g/mol. The fourth-order valence-corrected chi connectivity index (χ4v) is 3.20. The van der Waals surface area contributed by atoms with Gasteiger partial charge in [-0.2, -0.15) is 0 Å². The number of carbonyl (C=O) groups excluding carboxylic acids is 2. The van der Waals surface area contributed by atoms with Gasteiger partial charge in [0.15, 0.2) is 5.16 Å². The molecule has 0 unspecified atom stereocenters. The molecule has 2 aromatic carbocycles. The van der Waals surface area contributed by atoms with Crippen molar-refractivity contribution in [2.45, 2.75) is 11.6 Å². The van der Waals surface area contributed by atoms with E-state index in [1.54, 1.807) is 31.4 Å². The minimum absolute atomic E-state index is 0.0290. The number of nitrogens with zero attached hydrogens (tertiary/aromatic N) is 2. The number of benzene rings is 2. The third-order valence-corrected chi connectivity index (χ3v) is 5.07. The molecule has 160 valence electrons. The lowest BCUT2D eigenvalue weighted by Crippen LogP contribution is -2.19. The summed E-state index contributed by atoms with van der Waals surface area (Å²) >= 11 is 1.06. The molecule has 3 aromatic rings. The van der Waals surface area contributed by atoms with Crippen LogP contribution >= 0.6 is 11.8 Å². The zero-order chi connectivity index (χ0) is 22.2. The molecule has 0 atom stereocenters. The van der Waals surface area contributed by atoms with Gasteiger partial charge in [-0.15, -0.1) is 10.2 Å². The van der Waals surface area contributed by atoms with Gasteiger partial charge < -0.3 is 14.8 Å². The molecule has 0 aliphatic rings. The van der Waals surface area contributed by atoms with Crippen LogP contribution in [-0.4, -0.2) is 47.0 Å². The van der Waals surface area contributed by atoms with Crippen molar-refractivity contribution in [3.8, 4) is 5.75 Å². The minimum atomic E-state index is -0.452. The van der Waals surface area contributed by atoms with Crippen LogP contribution in [0.3, 0.4) is 0 Å². The number of thioether (sulfide) groups is 1. The molecule has 0 saturated carbocycles. The van der Waals surface area contributed by atoms with Crippen molar-refractivity contribution < 1.29 is 19.1 Å². The fourth-order valence-electron chi connectivity index (χ4n) is 2.60. The molecule has 1 amide bonds. The van der Waals surface area contributed by atoms with Gasteiger partial charge in [-0.05, 0) is 42.0 Å². The Kier molecular flexibility index (Phi) is 7.39. The van der Waals surface area contributed by atoms with E-state index in [0.29, 0.717) is 17.7 Å². The number of H-pyrrole nitrogens is 1. The Morgan fingerprint density at radius 1 is 1.03 bits per heavy atom. The standard InChI is InChI=1S/C21H20N4O5S/c1-29-16-9-3-13(4-10-16)11-17-19(27)23-21(25-24-17)31-12-18(26)22-15-7-5-14(6-8-15)20(28)30-2/h3-10H,11-12H2,1-2H3,(H,22,26)(H,23,25,27). The van der Waals surface area contributed by atoms with E-state index in [1.807, 2.05) is 24.3 Å². The summed E-state index contributed by atoms with van der Waals surface area (Å²) in [4.78, 5) is 38.5. The van der Waals surface area contributed by atoms with Gasteiger partial charge in [0.25, 0.3) is 5.56 Å². The molecular formula is C21H20N4O5S. The molecule has 0 saturated heterocycles. The number of nitrogens with one attached hydrogen (secondary N) is 2. The maximum Gasteiger partial charge on any atom is 0.337 e. The summed E-state index contributed by atoms with van der Waals surface area (Å²) in [6.07, 6.45) is 0.333. The number of ether oxygens (including phenoxy) is 2. The second-order valence-electron chi connectivity index (χ2n) is 6.34. The van der Waals surface area contributed by atoms with Crippen LogP contribution in [0.1, 0.15) is 21.6 Å². The van der Waals surface area contributed by atoms with Gasteiger partial charge in [0, 0.05) is 12.1 Å². The highest BCUT2D eigenvalue weighted by Gasteiger charge is 2.10. The van der Waals surface area contributed by atoms with Crippen LogP contribution in [0, 0.1) is 0 Å². The third-order valence-electron chi connectivity index (χ3n) is 4.20. The van der Waals surface area contributed by atoms with Gasteiger partial charge in [0.05, 0.1) is 25.5 Å². The van der Waals surface area contributed by atoms with Crippen LogP contribution in [-0.2, 0) is 16.0 Å². The molecule has 0 radical (unpaired) electrons. The normalized spacial score (nSPS) is 10.4. The van der Waals surface area contributed by atoms with Gasteiger partial charge in [0.1, 0.15) is 11.4 Å². The smallest absolute Gasteiger partial charge is 0.337 e. The second kappa shape index (κ2) is 10.4. The summed E-state index contributed by atoms with van der Waals surface area (Å²) in [5.74, 6) is 0.0154. The number of hydrogen-bond donors (Lipinski definition) is 2. The topological polar surface area (TPSA) is 123 Å². The summed E-state index contributed by atoms with van der Waals surface area (Å²) < 4.78 is 9.74. The third kappa shape index (κ3) is 6.16. The summed E-state index contributed by atoms with van der Waals surface area (Å²) in [6, 6.07) is 13.6. The molecule has 31 heavy (non-hydrogen) atoms. The highest BCUT2D eigenvalue weighted by atomic mass is 32.2.